The molecule has 22 heavy (non-hydrogen) atoms. The van der Waals surface area contributed by atoms with Gasteiger partial charge in [0, 0.05) is 13.1 Å². The monoisotopic (exact) mass is 304 g/mol. The van der Waals surface area contributed by atoms with Crippen LogP contribution in [0.2, 0.25) is 0 Å². The van der Waals surface area contributed by atoms with Crippen molar-refractivity contribution in [2.45, 2.75) is 12.8 Å². The van der Waals surface area contributed by atoms with E-state index in [1.165, 1.54) is 23.1 Å². The quantitative estimate of drug-likeness (QED) is 0.889. The van der Waals surface area contributed by atoms with Crippen LogP contribution in [0.5, 0.6) is 5.75 Å². The van der Waals surface area contributed by atoms with Crippen LogP contribution in [-0.4, -0.2) is 54.0 Å². The molecule has 0 aromatic heterocycles. The largest absolute Gasteiger partial charge is 0.482 e. The number of ether oxygens (including phenoxy) is 1. The molecule has 7 heteroatoms. The van der Waals surface area contributed by atoms with Gasteiger partial charge in [0.1, 0.15) is 12.3 Å². The maximum Gasteiger partial charge on any atom is 0.335 e. The molecule has 0 unspecified atom stereocenters. The van der Waals surface area contributed by atoms with E-state index < -0.39 is 5.97 Å². The van der Waals surface area contributed by atoms with Gasteiger partial charge in [0.15, 0.2) is 6.61 Å². The van der Waals surface area contributed by atoms with E-state index in [0.717, 1.165) is 25.9 Å². The smallest absolute Gasteiger partial charge is 0.335 e. The zero-order chi connectivity index (χ0) is 15.7. The van der Waals surface area contributed by atoms with Gasteiger partial charge in [-0.1, -0.05) is 0 Å². The summed E-state index contributed by atoms with van der Waals surface area (Å²) in [6.07, 6.45) is 1.97. The van der Waals surface area contributed by atoms with Crippen LogP contribution in [0.15, 0.2) is 18.2 Å². The molecule has 2 heterocycles. The topological polar surface area (TPSA) is 87.1 Å². The predicted molar refractivity (Wildman–Crippen MR) is 77.1 cm³/mol. The van der Waals surface area contributed by atoms with Crippen molar-refractivity contribution in [1.29, 1.82) is 0 Å². The number of likely N-dealkylation sites (tertiary alicyclic amines) is 1. The van der Waals surface area contributed by atoms with Crippen molar-refractivity contribution in [3.63, 3.8) is 0 Å². The number of carbonyl (C=O) groups excluding carboxylic acids is 2. The fraction of sp³-hybridized carbons (Fsp3) is 0.400. The SMILES string of the molecule is O=C(O)c1ccc2c(c1)OCC(=O)N2CC(=O)N1CCCC1. The van der Waals surface area contributed by atoms with Crippen molar-refractivity contribution in [3.8, 4) is 5.75 Å². The van der Waals surface area contributed by atoms with Gasteiger partial charge in [-0.2, -0.15) is 0 Å². The zero-order valence-electron chi connectivity index (χ0n) is 11.9. The highest BCUT2D eigenvalue weighted by Gasteiger charge is 2.30. The van der Waals surface area contributed by atoms with E-state index >= 15 is 0 Å². The Labute approximate surface area is 127 Å². The van der Waals surface area contributed by atoms with Crippen molar-refractivity contribution >= 4 is 23.5 Å². The van der Waals surface area contributed by atoms with Crippen LogP contribution in [0.3, 0.4) is 0 Å². The highest BCUT2D eigenvalue weighted by atomic mass is 16.5. The van der Waals surface area contributed by atoms with Crippen LogP contribution in [0.4, 0.5) is 5.69 Å². The van der Waals surface area contributed by atoms with Crippen molar-refractivity contribution in [3.05, 3.63) is 23.8 Å². The van der Waals surface area contributed by atoms with Gasteiger partial charge in [-0.25, -0.2) is 4.79 Å². The zero-order valence-corrected chi connectivity index (χ0v) is 11.9. The van der Waals surface area contributed by atoms with Gasteiger partial charge in [0.2, 0.25) is 5.91 Å². The number of benzene rings is 1. The number of carbonyl (C=O) groups is 3. The second kappa shape index (κ2) is 5.67. The van der Waals surface area contributed by atoms with Gasteiger partial charge < -0.3 is 14.7 Å². The van der Waals surface area contributed by atoms with Gasteiger partial charge >= 0.3 is 5.97 Å². The number of aromatic carboxylic acids is 1. The van der Waals surface area contributed by atoms with Gasteiger partial charge in [0.25, 0.3) is 5.91 Å². The first-order valence-corrected chi connectivity index (χ1v) is 7.14. The van der Waals surface area contributed by atoms with Gasteiger partial charge in [-0.05, 0) is 31.0 Å². The van der Waals surface area contributed by atoms with E-state index in [1.54, 1.807) is 4.90 Å². The molecule has 1 aromatic rings. The standard InChI is InChI=1S/C15H16N2O5/c18-13(16-5-1-2-6-16)8-17-11-4-3-10(15(20)21)7-12(11)22-9-14(17)19/h3-4,7H,1-2,5-6,8-9H2,(H,20,21). The van der Waals surface area contributed by atoms with E-state index in [9.17, 15) is 14.4 Å². The number of fused-ring (bicyclic) bond motifs is 1. The lowest BCUT2D eigenvalue weighted by Gasteiger charge is -2.30. The predicted octanol–water partition coefficient (Wildman–Crippen LogP) is 0.733. The van der Waals surface area contributed by atoms with E-state index in [-0.39, 0.29) is 30.5 Å². The first-order chi connectivity index (χ1) is 10.6. The van der Waals surface area contributed by atoms with Crippen LogP contribution in [0, 0.1) is 0 Å². The number of hydrogen-bond acceptors (Lipinski definition) is 4. The van der Waals surface area contributed by atoms with Crippen molar-refractivity contribution in [1.82, 2.24) is 4.90 Å². The molecule has 1 N–H and O–H groups in total. The van der Waals surface area contributed by atoms with Crippen LogP contribution < -0.4 is 9.64 Å². The summed E-state index contributed by atoms with van der Waals surface area (Å²) in [5.41, 5.74) is 0.521. The lowest BCUT2D eigenvalue weighted by molar-refractivity contribution is -0.131. The molecule has 0 spiro atoms. The lowest BCUT2D eigenvalue weighted by Crippen LogP contribution is -2.45. The van der Waals surface area contributed by atoms with E-state index in [0.29, 0.717) is 11.4 Å². The molecule has 0 saturated carbocycles. The van der Waals surface area contributed by atoms with Crippen LogP contribution >= 0.6 is 0 Å². The third kappa shape index (κ3) is 2.61. The Morgan fingerprint density at radius 2 is 1.95 bits per heavy atom. The third-order valence-electron chi connectivity index (χ3n) is 3.90. The molecule has 1 saturated heterocycles. The maximum atomic E-state index is 12.2. The van der Waals surface area contributed by atoms with Crippen molar-refractivity contribution in [2.24, 2.45) is 0 Å². The number of carboxylic acids is 1. The highest BCUT2D eigenvalue weighted by Crippen LogP contribution is 2.33. The number of carboxylic acid groups (broad SMARTS) is 1. The van der Waals surface area contributed by atoms with Gasteiger partial charge in [0.05, 0.1) is 11.3 Å². The van der Waals surface area contributed by atoms with Gasteiger partial charge in [-0.3, -0.25) is 14.5 Å². The molecule has 0 atom stereocenters. The molecular formula is C15H16N2O5. The molecule has 0 aliphatic carbocycles. The third-order valence-corrected chi connectivity index (χ3v) is 3.90. The molecule has 7 nitrogen and oxygen atoms in total. The van der Waals surface area contributed by atoms with Crippen LogP contribution in [0.25, 0.3) is 0 Å². The molecule has 3 rings (SSSR count). The summed E-state index contributed by atoms with van der Waals surface area (Å²) in [6.45, 7) is 1.22. The summed E-state index contributed by atoms with van der Waals surface area (Å²) in [4.78, 5) is 38.4. The Morgan fingerprint density at radius 3 is 2.64 bits per heavy atom. The molecular weight excluding hydrogens is 288 g/mol. The van der Waals surface area contributed by atoms with Crippen LogP contribution in [-0.2, 0) is 9.59 Å². The van der Waals surface area contributed by atoms with Crippen molar-refractivity contribution in [2.75, 3.05) is 31.1 Å². The second-order valence-electron chi connectivity index (χ2n) is 5.34. The molecule has 1 fully saturated rings. The summed E-state index contributed by atoms with van der Waals surface area (Å²) in [6, 6.07) is 4.28. The average Bonchev–Trinajstić information content (AvgIpc) is 3.04. The molecule has 116 valence electrons. The maximum absolute atomic E-state index is 12.2. The number of rotatable bonds is 3. The van der Waals surface area contributed by atoms with E-state index in [2.05, 4.69) is 0 Å². The summed E-state index contributed by atoms with van der Waals surface area (Å²) < 4.78 is 5.28. The number of anilines is 1. The molecule has 2 amide bonds. The Hall–Kier alpha value is -2.57. The molecule has 0 bridgehead atoms. The number of hydrogen-bond donors (Lipinski definition) is 1. The normalized spacial score (nSPS) is 17.2. The summed E-state index contributed by atoms with van der Waals surface area (Å²) in [5, 5.41) is 9.00. The minimum atomic E-state index is -1.07. The lowest BCUT2D eigenvalue weighted by atomic mass is 10.1. The highest BCUT2D eigenvalue weighted by molar-refractivity contribution is 6.03. The Morgan fingerprint density at radius 1 is 1.23 bits per heavy atom. The summed E-state index contributed by atoms with van der Waals surface area (Å²) in [7, 11) is 0. The average molecular weight is 304 g/mol. The fourth-order valence-electron chi connectivity index (χ4n) is 2.71. The Bertz CT molecular complexity index is 637. The minimum Gasteiger partial charge on any atom is -0.482 e. The molecule has 2 aliphatic heterocycles. The Kier molecular flexibility index (Phi) is 3.70. The number of amides is 2. The fourth-order valence-corrected chi connectivity index (χ4v) is 2.71. The molecule has 1 aromatic carbocycles. The van der Waals surface area contributed by atoms with Crippen molar-refractivity contribution < 1.29 is 24.2 Å². The number of nitrogens with zero attached hydrogens (tertiary/aromatic N) is 2. The van der Waals surface area contributed by atoms with Crippen LogP contribution in [0.1, 0.15) is 23.2 Å². The summed E-state index contributed by atoms with van der Waals surface area (Å²) in [5.74, 6) is -1.15. The summed E-state index contributed by atoms with van der Waals surface area (Å²) >= 11 is 0. The Balaban J connectivity index is 1.84. The van der Waals surface area contributed by atoms with Gasteiger partial charge in [-0.15, -0.1) is 0 Å². The first kappa shape index (κ1) is 14.4. The molecule has 0 radical (unpaired) electrons. The second-order valence-corrected chi connectivity index (χ2v) is 5.34. The van der Waals surface area contributed by atoms with E-state index in [1.807, 2.05) is 0 Å². The molecule has 2 aliphatic rings. The first-order valence-electron chi connectivity index (χ1n) is 7.14. The minimum absolute atomic E-state index is 0.0401. The van der Waals surface area contributed by atoms with E-state index in [4.69, 9.17) is 9.84 Å².